The molecule has 2 fully saturated rings. The van der Waals surface area contributed by atoms with Gasteiger partial charge in [0.05, 0.1) is 12.6 Å². The van der Waals surface area contributed by atoms with Gasteiger partial charge in [-0.2, -0.15) is 4.31 Å². The Bertz CT molecular complexity index is 762. The highest BCUT2D eigenvalue weighted by atomic mass is 32.2. The summed E-state index contributed by atoms with van der Waals surface area (Å²) in [6.45, 7) is 1.59. The van der Waals surface area contributed by atoms with Gasteiger partial charge >= 0.3 is 0 Å². The van der Waals surface area contributed by atoms with E-state index in [-0.39, 0.29) is 10.4 Å². The molecule has 0 bridgehead atoms. The molecule has 0 aromatic carbocycles. The van der Waals surface area contributed by atoms with E-state index in [1.165, 1.54) is 27.4 Å². The summed E-state index contributed by atoms with van der Waals surface area (Å²) in [4.78, 5) is 3.89. The number of nitrogens with zero attached hydrogens (tertiary/aromatic N) is 4. The normalized spacial score (nSPS) is 23.5. The fourth-order valence-electron chi connectivity index (χ4n) is 2.96. The van der Waals surface area contributed by atoms with Crippen LogP contribution in [0, 0.1) is 5.41 Å². The summed E-state index contributed by atoms with van der Waals surface area (Å²) in [6, 6.07) is 0. The van der Waals surface area contributed by atoms with Crippen LogP contribution in [0.4, 0.5) is 0 Å². The summed E-state index contributed by atoms with van der Waals surface area (Å²) in [6.07, 6.45) is 4.81. The van der Waals surface area contributed by atoms with Crippen LogP contribution in [0.15, 0.2) is 17.6 Å². The average molecular weight is 334 g/mol. The van der Waals surface area contributed by atoms with Gasteiger partial charge in [-0.1, -0.05) is 0 Å². The quantitative estimate of drug-likeness (QED) is 0.712. The van der Waals surface area contributed by atoms with Gasteiger partial charge in [0.15, 0.2) is 5.03 Å². The van der Waals surface area contributed by atoms with Gasteiger partial charge in [0.25, 0.3) is 10.0 Å². The molecule has 8 nitrogen and oxygen atoms in total. The van der Waals surface area contributed by atoms with Crippen LogP contribution in [0.3, 0.4) is 0 Å². The van der Waals surface area contributed by atoms with Gasteiger partial charge in [-0.05, 0) is 6.42 Å². The van der Waals surface area contributed by atoms with Gasteiger partial charge < -0.3 is 4.57 Å². The van der Waals surface area contributed by atoms with Crippen LogP contribution < -0.4 is 0 Å². The van der Waals surface area contributed by atoms with Crippen molar-refractivity contribution in [2.24, 2.45) is 12.5 Å². The van der Waals surface area contributed by atoms with E-state index in [0.29, 0.717) is 32.6 Å². The number of imidazole rings is 1. The molecule has 3 rings (SSSR count). The Labute approximate surface area is 124 Å². The molecule has 0 radical (unpaired) electrons. The number of hydrogen-bond acceptors (Lipinski definition) is 5. The number of aromatic nitrogens is 2. The zero-order chi connectivity index (χ0) is 15.5. The van der Waals surface area contributed by atoms with Gasteiger partial charge in [-0.3, -0.25) is 0 Å². The van der Waals surface area contributed by atoms with Crippen molar-refractivity contribution in [3.05, 3.63) is 12.5 Å². The summed E-state index contributed by atoms with van der Waals surface area (Å²) in [5.74, 6) is 0. The third-order valence-electron chi connectivity index (χ3n) is 4.18. The van der Waals surface area contributed by atoms with Crippen LogP contribution in [0.2, 0.25) is 0 Å². The lowest BCUT2D eigenvalue weighted by atomic mass is 9.81. The second-order valence-electron chi connectivity index (χ2n) is 6.00. The first kappa shape index (κ1) is 14.9. The minimum absolute atomic E-state index is 0.0396. The molecule has 1 aromatic heterocycles. The molecule has 0 N–H and O–H groups in total. The Hall–Kier alpha value is -0.970. The molecule has 0 aliphatic carbocycles. The number of aryl methyl sites for hydroxylation is 1. The fraction of sp³-hybridized carbons (Fsp3) is 0.727. The molecule has 0 atom stereocenters. The largest absolute Gasteiger partial charge is 0.339 e. The highest BCUT2D eigenvalue weighted by Gasteiger charge is 2.53. The maximum absolute atomic E-state index is 12.4. The maximum atomic E-state index is 12.4. The standard InChI is InChI=1S/C11H18N4O4S2/c1-13-5-10(12-9-13)21(18,19)15-7-11(8-15)3-4-14(6-11)20(2,16)17/h5,9H,3-4,6-8H2,1-2H3. The van der Waals surface area contributed by atoms with Crippen LogP contribution in [0.25, 0.3) is 0 Å². The highest BCUT2D eigenvalue weighted by Crippen LogP contribution is 2.42. The van der Waals surface area contributed by atoms with E-state index < -0.39 is 20.0 Å². The number of rotatable bonds is 3. The van der Waals surface area contributed by atoms with E-state index in [1.807, 2.05) is 0 Å². The predicted molar refractivity (Wildman–Crippen MR) is 75.4 cm³/mol. The molecule has 10 heteroatoms. The molecule has 0 saturated carbocycles. The van der Waals surface area contributed by atoms with Gasteiger partial charge in [-0.15, -0.1) is 0 Å². The zero-order valence-corrected chi connectivity index (χ0v) is 13.6. The van der Waals surface area contributed by atoms with E-state index >= 15 is 0 Å². The number of sulfonamides is 2. The minimum Gasteiger partial charge on any atom is -0.339 e. The Morgan fingerprint density at radius 2 is 1.76 bits per heavy atom. The molecule has 2 saturated heterocycles. The SMILES string of the molecule is Cn1cnc(S(=O)(=O)N2CC3(CCN(S(C)(=O)=O)C3)C2)c1. The van der Waals surface area contributed by atoms with E-state index in [9.17, 15) is 16.8 Å². The summed E-state index contributed by atoms with van der Waals surface area (Å²) in [7, 11) is -5.05. The van der Waals surface area contributed by atoms with Crippen molar-refractivity contribution in [2.75, 3.05) is 32.4 Å². The lowest BCUT2D eigenvalue weighted by Gasteiger charge is -2.46. The van der Waals surface area contributed by atoms with E-state index in [2.05, 4.69) is 4.98 Å². The van der Waals surface area contributed by atoms with Crippen molar-refractivity contribution in [2.45, 2.75) is 11.4 Å². The average Bonchev–Trinajstić information content (AvgIpc) is 2.91. The maximum Gasteiger partial charge on any atom is 0.262 e. The predicted octanol–water partition coefficient (Wildman–Crippen LogP) is -0.924. The smallest absolute Gasteiger partial charge is 0.262 e. The van der Waals surface area contributed by atoms with Crippen molar-refractivity contribution in [3.8, 4) is 0 Å². The summed E-state index contributed by atoms with van der Waals surface area (Å²) in [5, 5.41) is 0.0396. The molecule has 0 unspecified atom stereocenters. The Morgan fingerprint density at radius 1 is 1.14 bits per heavy atom. The van der Waals surface area contributed by atoms with Gasteiger partial charge in [0.1, 0.15) is 0 Å². The lowest BCUT2D eigenvalue weighted by molar-refractivity contribution is 0.0857. The summed E-state index contributed by atoms with van der Waals surface area (Å²) >= 11 is 0. The molecule has 1 spiro atoms. The van der Waals surface area contributed by atoms with Crippen LogP contribution in [0.5, 0.6) is 0 Å². The molecular formula is C11H18N4O4S2. The van der Waals surface area contributed by atoms with Crippen molar-refractivity contribution in [1.29, 1.82) is 0 Å². The summed E-state index contributed by atoms with van der Waals surface area (Å²) < 4.78 is 52.2. The molecular weight excluding hydrogens is 316 g/mol. The first-order valence-corrected chi connectivity index (χ1v) is 9.85. The molecule has 21 heavy (non-hydrogen) atoms. The topological polar surface area (TPSA) is 92.6 Å². The third kappa shape index (κ3) is 2.50. The van der Waals surface area contributed by atoms with Crippen molar-refractivity contribution in [1.82, 2.24) is 18.2 Å². The van der Waals surface area contributed by atoms with E-state index in [0.717, 1.165) is 0 Å². The van der Waals surface area contributed by atoms with Crippen molar-refractivity contribution < 1.29 is 16.8 Å². The Morgan fingerprint density at radius 3 is 2.24 bits per heavy atom. The van der Waals surface area contributed by atoms with Gasteiger partial charge in [0, 0.05) is 44.8 Å². The van der Waals surface area contributed by atoms with Gasteiger partial charge in [0.2, 0.25) is 10.0 Å². The van der Waals surface area contributed by atoms with Crippen molar-refractivity contribution in [3.63, 3.8) is 0 Å². The van der Waals surface area contributed by atoms with Gasteiger partial charge in [-0.25, -0.2) is 26.1 Å². The number of hydrogen-bond donors (Lipinski definition) is 0. The minimum atomic E-state index is -3.56. The van der Waals surface area contributed by atoms with Crippen LogP contribution in [-0.4, -0.2) is 67.4 Å². The first-order chi connectivity index (χ1) is 9.62. The molecule has 0 amide bonds. The molecule has 2 aliphatic rings. The molecule has 3 heterocycles. The molecule has 118 valence electrons. The monoisotopic (exact) mass is 334 g/mol. The second-order valence-corrected chi connectivity index (χ2v) is 9.86. The van der Waals surface area contributed by atoms with Crippen LogP contribution >= 0.6 is 0 Å². The molecule has 2 aliphatic heterocycles. The first-order valence-electron chi connectivity index (χ1n) is 6.56. The Kier molecular flexibility index (Phi) is 3.21. The summed E-state index contributed by atoms with van der Waals surface area (Å²) in [5.41, 5.74) is -0.231. The molecule has 1 aromatic rings. The van der Waals surface area contributed by atoms with E-state index in [4.69, 9.17) is 0 Å². The van der Waals surface area contributed by atoms with Crippen molar-refractivity contribution >= 4 is 20.0 Å². The second kappa shape index (κ2) is 4.51. The van der Waals surface area contributed by atoms with Crippen LogP contribution in [-0.2, 0) is 27.1 Å². The van der Waals surface area contributed by atoms with Crippen LogP contribution in [0.1, 0.15) is 6.42 Å². The fourth-order valence-corrected chi connectivity index (χ4v) is 5.52. The third-order valence-corrected chi connectivity index (χ3v) is 7.11. The lowest BCUT2D eigenvalue weighted by Crippen LogP contribution is -2.59. The van der Waals surface area contributed by atoms with E-state index in [1.54, 1.807) is 11.6 Å². The zero-order valence-electron chi connectivity index (χ0n) is 11.9. The Balaban J connectivity index is 1.72. The highest BCUT2D eigenvalue weighted by molar-refractivity contribution is 7.89.